The van der Waals surface area contributed by atoms with Gasteiger partial charge < -0.3 is 5.73 Å². The van der Waals surface area contributed by atoms with Gasteiger partial charge in [0.1, 0.15) is 0 Å². The van der Waals surface area contributed by atoms with E-state index in [9.17, 15) is 16.8 Å². The summed E-state index contributed by atoms with van der Waals surface area (Å²) in [6.45, 7) is 4.35. The van der Waals surface area contributed by atoms with Crippen molar-refractivity contribution in [2.75, 3.05) is 19.6 Å². The molecule has 1 aromatic rings. The van der Waals surface area contributed by atoms with Gasteiger partial charge in [-0.2, -0.15) is 4.31 Å². The molecule has 0 radical (unpaired) electrons. The van der Waals surface area contributed by atoms with E-state index in [4.69, 9.17) is 5.73 Å². The highest BCUT2D eigenvalue weighted by molar-refractivity contribution is 7.90. The van der Waals surface area contributed by atoms with Crippen molar-refractivity contribution in [2.45, 2.75) is 42.5 Å². The fourth-order valence-electron chi connectivity index (χ4n) is 2.62. The summed E-state index contributed by atoms with van der Waals surface area (Å²) in [4.78, 5) is -0.0837. The van der Waals surface area contributed by atoms with Gasteiger partial charge in [0.2, 0.25) is 20.0 Å². The molecule has 1 aliphatic rings. The third-order valence-electron chi connectivity index (χ3n) is 4.21. The Morgan fingerprint density at radius 3 is 2.20 bits per heavy atom. The summed E-state index contributed by atoms with van der Waals surface area (Å²) in [5, 5.41) is 0. The number of hydrogen-bond acceptors (Lipinski definition) is 5. The van der Waals surface area contributed by atoms with Crippen LogP contribution >= 0.6 is 12.4 Å². The van der Waals surface area contributed by atoms with Crippen LogP contribution in [0, 0.1) is 5.92 Å². The molecule has 1 atom stereocenters. The topological polar surface area (TPSA) is 110 Å². The summed E-state index contributed by atoms with van der Waals surface area (Å²) in [7, 11) is -7.52. The van der Waals surface area contributed by atoms with E-state index >= 15 is 0 Å². The van der Waals surface area contributed by atoms with Crippen LogP contribution in [0.5, 0.6) is 0 Å². The second-order valence-corrected chi connectivity index (χ2v) is 9.52. The Balaban J connectivity index is 0.00000312. The lowest BCUT2D eigenvalue weighted by Crippen LogP contribution is -2.41. The fraction of sp³-hybridized carbons (Fsp3) is 0.600. The zero-order chi connectivity index (χ0) is 18.0. The minimum absolute atomic E-state index is 0. The van der Waals surface area contributed by atoms with Crippen molar-refractivity contribution < 1.29 is 16.8 Å². The maximum absolute atomic E-state index is 12.6. The minimum Gasteiger partial charge on any atom is -0.329 e. The number of hydrogen-bond donors (Lipinski definition) is 2. The molecule has 0 saturated heterocycles. The Hall–Kier alpha value is -0.710. The highest BCUT2D eigenvalue weighted by Gasteiger charge is 2.33. The number of halogens is 1. The van der Waals surface area contributed by atoms with Crippen LogP contribution < -0.4 is 10.5 Å². The van der Waals surface area contributed by atoms with Gasteiger partial charge in [-0.1, -0.05) is 19.9 Å². The molecule has 1 unspecified atom stereocenters. The average molecular weight is 412 g/mol. The lowest BCUT2D eigenvalue weighted by atomic mass is 10.2. The molecule has 25 heavy (non-hydrogen) atoms. The molecule has 1 saturated carbocycles. The lowest BCUT2D eigenvalue weighted by molar-refractivity contribution is 0.445. The molecule has 3 N–H and O–H groups in total. The van der Waals surface area contributed by atoms with Crippen molar-refractivity contribution >= 4 is 32.5 Å². The number of rotatable bonds is 9. The van der Waals surface area contributed by atoms with E-state index in [1.165, 1.54) is 28.6 Å². The van der Waals surface area contributed by atoms with Crippen molar-refractivity contribution in [2.24, 2.45) is 11.7 Å². The molecule has 0 amide bonds. The SMILES string of the molecule is CCN(CC)S(=O)(=O)c1cccc(S(=O)(=O)NC(CN)C2CC2)c1.Cl. The molecule has 0 aliphatic heterocycles. The third-order valence-corrected chi connectivity index (χ3v) is 7.74. The van der Waals surface area contributed by atoms with E-state index < -0.39 is 20.0 Å². The number of benzene rings is 1. The summed E-state index contributed by atoms with van der Waals surface area (Å²) in [5.74, 6) is 0.271. The maximum atomic E-state index is 12.6. The Kier molecular flexibility index (Phi) is 7.85. The van der Waals surface area contributed by atoms with Crippen LogP contribution in [0.15, 0.2) is 34.1 Å². The second kappa shape index (κ2) is 8.79. The predicted molar refractivity (Wildman–Crippen MR) is 99.7 cm³/mol. The van der Waals surface area contributed by atoms with Crippen molar-refractivity contribution in [1.29, 1.82) is 0 Å². The average Bonchev–Trinajstić information content (AvgIpc) is 3.38. The quantitative estimate of drug-likeness (QED) is 0.633. The smallest absolute Gasteiger partial charge is 0.243 e. The number of nitrogens with one attached hydrogen (secondary N) is 1. The molecule has 0 aromatic heterocycles. The second-order valence-electron chi connectivity index (χ2n) is 5.87. The summed E-state index contributed by atoms with van der Waals surface area (Å²) < 4.78 is 54.1. The first-order valence-electron chi connectivity index (χ1n) is 8.08. The Bertz CT molecular complexity index is 776. The Morgan fingerprint density at radius 1 is 1.16 bits per heavy atom. The monoisotopic (exact) mass is 411 g/mol. The largest absolute Gasteiger partial charge is 0.329 e. The Labute approximate surface area is 156 Å². The molecular formula is C15H26ClN3O4S2. The standard InChI is InChI=1S/C15H25N3O4S2.ClH/c1-3-18(4-2)24(21,22)14-7-5-6-13(10-14)23(19,20)17-15(11-16)12-8-9-12;/h5-7,10,12,15,17H,3-4,8-9,11,16H2,1-2H3;1H. The van der Waals surface area contributed by atoms with Crippen LogP contribution in [-0.2, 0) is 20.0 Å². The Morgan fingerprint density at radius 2 is 1.72 bits per heavy atom. The first-order chi connectivity index (χ1) is 11.3. The molecule has 0 heterocycles. The minimum atomic E-state index is -3.81. The number of nitrogens with two attached hydrogens (primary N) is 1. The van der Waals surface area contributed by atoms with Gasteiger partial charge in [0.15, 0.2) is 0 Å². The highest BCUT2D eigenvalue weighted by atomic mass is 35.5. The molecule has 0 spiro atoms. The van der Waals surface area contributed by atoms with Crippen LogP contribution in [0.3, 0.4) is 0 Å². The number of sulfonamides is 2. The van der Waals surface area contributed by atoms with E-state index in [2.05, 4.69) is 4.72 Å². The predicted octanol–water partition coefficient (Wildman–Crippen LogP) is 1.15. The summed E-state index contributed by atoms with van der Waals surface area (Å²) in [6.07, 6.45) is 1.92. The van der Waals surface area contributed by atoms with E-state index in [0.717, 1.165) is 12.8 Å². The van der Waals surface area contributed by atoms with Gasteiger partial charge >= 0.3 is 0 Å². The van der Waals surface area contributed by atoms with E-state index in [-0.39, 0.29) is 40.7 Å². The van der Waals surface area contributed by atoms with Crippen LogP contribution in [0.4, 0.5) is 0 Å². The van der Waals surface area contributed by atoms with Gasteiger partial charge in [0.05, 0.1) is 9.79 Å². The normalized spacial score (nSPS) is 16.5. The highest BCUT2D eigenvalue weighted by Crippen LogP contribution is 2.33. The van der Waals surface area contributed by atoms with Crippen molar-refractivity contribution in [3.63, 3.8) is 0 Å². The van der Waals surface area contributed by atoms with E-state index in [1.54, 1.807) is 13.8 Å². The molecule has 2 rings (SSSR count). The van der Waals surface area contributed by atoms with Gasteiger partial charge in [-0.25, -0.2) is 21.6 Å². The molecule has 144 valence electrons. The van der Waals surface area contributed by atoms with Crippen LogP contribution in [0.1, 0.15) is 26.7 Å². The molecule has 1 aromatic carbocycles. The van der Waals surface area contributed by atoms with E-state index in [1.807, 2.05) is 0 Å². The third kappa shape index (κ3) is 5.15. The van der Waals surface area contributed by atoms with Gasteiger partial charge in [0.25, 0.3) is 0 Å². The first-order valence-corrected chi connectivity index (χ1v) is 11.0. The van der Waals surface area contributed by atoms with Gasteiger partial charge in [0, 0.05) is 25.7 Å². The van der Waals surface area contributed by atoms with Gasteiger partial charge in [-0.15, -0.1) is 12.4 Å². The first kappa shape index (κ1) is 22.3. The molecule has 1 aliphatic carbocycles. The zero-order valence-electron chi connectivity index (χ0n) is 14.4. The fourth-order valence-corrected chi connectivity index (χ4v) is 5.56. The molecule has 0 bridgehead atoms. The van der Waals surface area contributed by atoms with Gasteiger partial charge in [-0.3, -0.25) is 0 Å². The van der Waals surface area contributed by atoms with Crippen LogP contribution in [0.25, 0.3) is 0 Å². The van der Waals surface area contributed by atoms with Crippen molar-refractivity contribution in [3.8, 4) is 0 Å². The van der Waals surface area contributed by atoms with Crippen LogP contribution in [-0.4, -0.2) is 46.8 Å². The molecular weight excluding hydrogens is 386 g/mol. The summed E-state index contributed by atoms with van der Waals surface area (Å²) in [6, 6.07) is 5.15. The van der Waals surface area contributed by atoms with E-state index in [0.29, 0.717) is 13.1 Å². The molecule has 7 nitrogen and oxygen atoms in total. The number of nitrogens with zero attached hydrogens (tertiary/aromatic N) is 1. The summed E-state index contributed by atoms with van der Waals surface area (Å²) >= 11 is 0. The maximum Gasteiger partial charge on any atom is 0.243 e. The lowest BCUT2D eigenvalue weighted by Gasteiger charge is -2.19. The van der Waals surface area contributed by atoms with Crippen LogP contribution in [0.2, 0.25) is 0 Å². The molecule has 10 heteroatoms. The van der Waals surface area contributed by atoms with Crippen molar-refractivity contribution in [1.82, 2.24) is 9.03 Å². The van der Waals surface area contributed by atoms with Gasteiger partial charge in [-0.05, 0) is 37.0 Å². The zero-order valence-corrected chi connectivity index (χ0v) is 16.8. The molecule has 1 fully saturated rings. The summed E-state index contributed by atoms with van der Waals surface area (Å²) in [5.41, 5.74) is 5.64. The van der Waals surface area contributed by atoms with Crippen molar-refractivity contribution in [3.05, 3.63) is 24.3 Å².